The van der Waals surface area contributed by atoms with Crippen LogP contribution in [0.1, 0.15) is 25.3 Å². The molecule has 4 aromatic rings. The minimum absolute atomic E-state index is 0.0538. The Labute approximate surface area is 199 Å². The van der Waals surface area contributed by atoms with Crippen molar-refractivity contribution in [3.05, 3.63) is 59.4 Å². The molecule has 0 amide bonds. The molecule has 0 unspecified atom stereocenters. The zero-order valence-electron chi connectivity index (χ0n) is 18.2. The van der Waals surface area contributed by atoms with Crippen molar-refractivity contribution in [2.75, 3.05) is 23.3 Å². The van der Waals surface area contributed by atoms with Crippen LogP contribution in [-0.2, 0) is 0 Å². The minimum atomic E-state index is -0.652. The summed E-state index contributed by atoms with van der Waals surface area (Å²) < 4.78 is 16.1. The number of nitriles is 1. The largest absolute Gasteiger partial charge is 0.390 e. The summed E-state index contributed by atoms with van der Waals surface area (Å²) in [6.45, 7) is 3.24. The molecular formula is C23H20ClFN8O. The topological polar surface area (TPSA) is 116 Å². The van der Waals surface area contributed by atoms with E-state index in [2.05, 4.69) is 30.3 Å². The molecule has 1 aromatic carbocycles. The number of aromatic nitrogens is 5. The highest BCUT2D eigenvalue weighted by Crippen LogP contribution is 2.30. The molecule has 0 radical (unpaired) electrons. The summed E-state index contributed by atoms with van der Waals surface area (Å²) in [6, 6.07) is 7.94. The third-order valence-corrected chi connectivity index (χ3v) is 6.17. The van der Waals surface area contributed by atoms with Crippen molar-refractivity contribution < 1.29 is 9.50 Å². The van der Waals surface area contributed by atoms with Gasteiger partial charge in [-0.1, -0.05) is 11.6 Å². The molecule has 0 spiro atoms. The fraction of sp³-hybridized carbons (Fsp3) is 0.261. The first-order chi connectivity index (χ1) is 16.3. The molecule has 3 aromatic heterocycles. The molecule has 0 saturated carbocycles. The average molecular weight is 479 g/mol. The van der Waals surface area contributed by atoms with Crippen molar-refractivity contribution >= 4 is 40.0 Å². The molecule has 4 heterocycles. The van der Waals surface area contributed by atoms with Crippen LogP contribution in [0.5, 0.6) is 0 Å². The van der Waals surface area contributed by atoms with E-state index in [0.29, 0.717) is 48.5 Å². The number of fused-ring (bicyclic) bond motifs is 1. The number of aliphatic hydroxyl groups is 1. The van der Waals surface area contributed by atoms with E-state index in [0.717, 1.165) is 11.9 Å². The van der Waals surface area contributed by atoms with Crippen LogP contribution in [0.25, 0.3) is 16.6 Å². The lowest BCUT2D eigenvalue weighted by molar-refractivity contribution is 0.0350. The Hall–Kier alpha value is -3.81. The molecule has 2 N–H and O–H groups in total. The van der Waals surface area contributed by atoms with Crippen molar-refractivity contribution in [3.8, 4) is 11.8 Å². The van der Waals surface area contributed by atoms with Crippen molar-refractivity contribution in [2.45, 2.75) is 25.4 Å². The number of anilines is 3. The number of hydrogen-bond donors (Lipinski definition) is 2. The molecule has 1 saturated heterocycles. The Kier molecular flexibility index (Phi) is 5.51. The summed E-state index contributed by atoms with van der Waals surface area (Å²) in [6.07, 6.45) is 5.98. The van der Waals surface area contributed by atoms with E-state index in [1.165, 1.54) is 17.1 Å². The predicted octanol–water partition coefficient (Wildman–Crippen LogP) is 3.97. The Morgan fingerprint density at radius 1 is 1.12 bits per heavy atom. The van der Waals surface area contributed by atoms with Crippen LogP contribution in [0.2, 0.25) is 5.02 Å². The van der Waals surface area contributed by atoms with E-state index in [1.54, 1.807) is 18.5 Å². The zero-order chi connectivity index (χ0) is 23.9. The Morgan fingerprint density at radius 2 is 1.88 bits per heavy atom. The molecule has 172 valence electrons. The summed E-state index contributed by atoms with van der Waals surface area (Å²) in [7, 11) is 0. The normalized spacial score (nSPS) is 15.3. The van der Waals surface area contributed by atoms with E-state index in [4.69, 9.17) is 16.9 Å². The number of halogens is 2. The number of piperidine rings is 1. The average Bonchev–Trinajstić information content (AvgIpc) is 3.21. The lowest BCUT2D eigenvalue weighted by Gasteiger charge is -2.36. The van der Waals surface area contributed by atoms with Gasteiger partial charge in [0.15, 0.2) is 5.82 Å². The first-order valence-electron chi connectivity index (χ1n) is 10.6. The summed E-state index contributed by atoms with van der Waals surface area (Å²) in [5.74, 6) is 1.13. The Bertz CT molecular complexity index is 1400. The van der Waals surface area contributed by atoms with Crippen LogP contribution < -0.4 is 10.2 Å². The van der Waals surface area contributed by atoms with Gasteiger partial charge in [0.25, 0.3) is 0 Å². The maximum Gasteiger partial charge on any atom is 0.151 e. The monoisotopic (exact) mass is 478 g/mol. The number of benzene rings is 1. The van der Waals surface area contributed by atoms with E-state index < -0.39 is 11.4 Å². The third kappa shape index (κ3) is 4.23. The van der Waals surface area contributed by atoms with Crippen LogP contribution in [0.4, 0.5) is 21.8 Å². The molecule has 9 nitrogen and oxygen atoms in total. The van der Waals surface area contributed by atoms with Crippen LogP contribution >= 0.6 is 11.6 Å². The number of rotatable bonds is 4. The van der Waals surface area contributed by atoms with Gasteiger partial charge in [-0.3, -0.25) is 0 Å². The highest BCUT2D eigenvalue weighted by molar-refractivity contribution is 6.32. The van der Waals surface area contributed by atoms with Gasteiger partial charge in [-0.25, -0.2) is 24.0 Å². The second-order valence-corrected chi connectivity index (χ2v) is 8.86. The van der Waals surface area contributed by atoms with Crippen molar-refractivity contribution in [2.24, 2.45) is 0 Å². The van der Waals surface area contributed by atoms with E-state index in [9.17, 15) is 9.50 Å². The molecule has 1 aliphatic heterocycles. The second-order valence-electron chi connectivity index (χ2n) is 8.46. The fourth-order valence-corrected chi connectivity index (χ4v) is 4.22. The maximum atomic E-state index is 14.7. The first kappa shape index (κ1) is 22.0. The summed E-state index contributed by atoms with van der Waals surface area (Å²) in [5, 5.41) is 27.4. The molecule has 0 atom stereocenters. The van der Waals surface area contributed by atoms with Crippen molar-refractivity contribution in [1.82, 2.24) is 24.7 Å². The van der Waals surface area contributed by atoms with Crippen LogP contribution in [0.15, 0.2) is 43.0 Å². The Morgan fingerprint density at radius 3 is 2.62 bits per heavy atom. The van der Waals surface area contributed by atoms with Crippen molar-refractivity contribution in [3.63, 3.8) is 0 Å². The molecule has 5 rings (SSSR count). The van der Waals surface area contributed by atoms with Gasteiger partial charge in [-0.2, -0.15) is 10.4 Å². The van der Waals surface area contributed by atoms with Crippen LogP contribution in [-0.4, -0.2) is 48.5 Å². The van der Waals surface area contributed by atoms with Crippen molar-refractivity contribution in [1.29, 1.82) is 5.26 Å². The highest BCUT2D eigenvalue weighted by atomic mass is 35.5. The van der Waals surface area contributed by atoms with E-state index in [-0.39, 0.29) is 16.3 Å². The fourth-order valence-electron chi connectivity index (χ4n) is 3.94. The van der Waals surface area contributed by atoms with Gasteiger partial charge in [0.1, 0.15) is 29.5 Å². The first-order valence-corrected chi connectivity index (χ1v) is 11.0. The Balaban J connectivity index is 1.44. The number of nitrogens with one attached hydrogen (secondary N) is 1. The van der Waals surface area contributed by atoms with Gasteiger partial charge in [0.05, 0.1) is 34.0 Å². The molecule has 34 heavy (non-hydrogen) atoms. The SMILES string of the molecule is CC1(O)CCN(c2cc(Nc3cc4c(cn3)cnn4-c3c(F)cc(C#N)cc3Cl)ncn2)CC1. The molecule has 0 bridgehead atoms. The van der Waals surface area contributed by atoms with Gasteiger partial charge in [0, 0.05) is 36.8 Å². The second kappa shape index (κ2) is 8.52. The smallest absolute Gasteiger partial charge is 0.151 e. The summed E-state index contributed by atoms with van der Waals surface area (Å²) in [4.78, 5) is 15.1. The van der Waals surface area contributed by atoms with Gasteiger partial charge in [-0.05, 0) is 31.9 Å². The van der Waals surface area contributed by atoms with Gasteiger partial charge in [-0.15, -0.1) is 0 Å². The molecular weight excluding hydrogens is 459 g/mol. The molecule has 11 heteroatoms. The van der Waals surface area contributed by atoms with Gasteiger partial charge < -0.3 is 15.3 Å². The van der Waals surface area contributed by atoms with E-state index in [1.807, 2.05) is 19.1 Å². The molecule has 1 aliphatic rings. The quantitative estimate of drug-likeness (QED) is 0.452. The standard InChI is InChI=1S/C23H20ClFN8O/c1-23(34)2-4-32(5-3-23)21-9-20(28-13-29-21)31-19-8-18-15(11-27-19)12-30-33(18)22-16(24)6-14(10-26)7-17(22)25/h6-9,11-13,34H,2-5H2,1H3,(H,27,28,29,31). The van der Waals surface area contributed by atoms with Crippen LogP contribution in [0, 0.1) is 17.1 Å². The number of nitrogens with zero attached hydrogens (tertiary/aromatic N) is 7. The predicted molar refractivity (Wildman–Crippen MR) is 126 cm³/mol. The van der Waals surface area contributed by atoms with Crippen LogP contribution in [0.3, 0.4) is 0 Å². The number of hydrogen-bond acceptors (Lipinski definition) is 8. The molecule has 1 fully saturated rings. The third-order valence-electron chi connectivity index (χ3n) is 5.88. The summed E-state index contributed by atoms with van der Waals surface area (Å²) in [5.41, 5.74) is 0.113. The number of pyridine rings is 1. The summed E-state index contributed by atoms with van der Waals surface area (Å²) >= 11 is 6.26. The van der Waals surface area contributed by atoms with E-state index >= 15 is 0 Å². The lowest BCUT2D eigenvalue weighted by atomic mass is 9.94. The zero-order valence-corrected chi connectivity index (χ0v) is 19.0. The minimum Gasteiger partial charge on any atom is -0.390 e. The molecule has 0 aliphatic carbocycles. The lowest BCUT2D eigenvalue weighted by Crippen LogP contribution is -2.42. The van der Waals surface area contributed by atoms with Gasteiger partial charge in [0.2, 0.25) is 0 Å². The van der Waals surface area contributed by atoms with Gasteiger partial charge >= 0.3 is 0 Å². The maximum absolute atomic E-state index is 14.7. The highest BCUT2D eigenvalue weighted by Gasteiger charge is 2.28.